The van der Waals surface area contributed by atoms with E-state index in [4.69, 9.17) is 4.52 Å². The fourth-order valence-corrected chi connectivity index (χ4v) is 2.38. The van der Waals surface area contributed by atoms with Gasteiger partial charge in [0, 0.05) is 25.1 Å². The number of aliphatic imine (C=N–C) groups is 1. The Morgan fingerprint density at radius 1 is 1.17 bits per heavy atom. The van der Waals surface area contributed by atoms with Crippen molar-refractivity contribution in [1.82, 2.24) is 15.8 Å². The number of rotatable bonds is 10. The molecule has 1 aromatic heterocycles. The van der Waals surface area contributed by atoms with Crippen LogP contribution in [0.5, 0.6) is 0 Å². The van der Waals surface area contributed by atoms with Crippen molar-refractivity contribution in [3.05, 3.63) is 17.5 Å². The van der Waals surface area contributed by atoms with Crippen molar-refractivity contribution in [2.24, 2.45) is 4.99 Å². The quantitative estimate of drug-likeness (QED) is 0.246. The van der Waals surface area contributed by atoms with E-state index in [0.717, 1.165) is 43.3 Å². The number of nitrogens with one attached hydrogen (secondary N) is 2. The van der Waals surface area contributed by atoms with E-state index in [-0.39, 0.29) is 24.0 Å². The molecular formula is C17H33IN4O. The summed E-state index contributed by atoms with van der Waals surface area (Å²) in [6, 6.07) is 2.04. The number of hydrogen-bond acceptors (Lipinski definition) is 3. The number of guanidine groups is 1. The normalized spacial score (nSPS) is 11.4. The molecule has 0 amide bonds. The van der Waals surface area contributed by atoms with Crippen LogP contribution in [0.1, 0.15) is 77.2 Å². The molecule has 0 spiro atoms. The first kappa shape index (κ1) is 22.2. The summed E-state index contributed by atoms with van der Waals surface area (Å²) in [5.74, 6) is 2.16. The average molecular weight is 436 g/mol. The van der Waals surface area contributed by atoms with E-state index in [2.05, 4.69) is 48.5 Å². The molecule has 0 aliphatic carbocycles. The molecule has 5 nitrogen and oxygen atoms in total. The number of aromatic nitrogens is 1. The monoisotopic (exact) mass is 436 g/mol. The highest BCUT2D eigenvalue weighted by molar-refractivity contribution is 14.0. The first-order valence-electron chi connectivity index (χ1n) is 8.72. The van der Waals surface area contributed by atoms with Crippen LogP contribution in [0, 0.1) is 0 Å². The van der Waals surface area contributed by atoms with E-state index in [1.165, 1.54) is 19.3 Å². The van der Waals surface area contributed by atoms with Crippen LogP contribution in [0.2, 0.25) is 0 Å². The van der Waals surface area contributed by atoms with E-state index >= 15 is 0 Å². The van der Waals surface area contributed by atoms with Gasteiger partial charge in [0.1, 0.15) is 6.54 Å². The molecule has 0 fully saturated rings. The Kier molecular flexibility index (Phi) is 13.2. The zero-order chi connectivity index (χ0) is 16.2. The van der Waals surface area contributed by atoms with Gasteiger partial charge in [0.25, 0.3) is 0 Å². The summed E-state index contributed by atoms with van der Waals surface area (Å²) in [4.78, 5) is 4.57. The van der Waals surface area contributed by atoms with Crippen LogP contribution in [0.4, 0.5) is 0 Å². The smallest absolute Gasteiger partial charge is 0.191 e. The Morgan fingerprint density at radius 2 is 1.91 bits per heavy atom. The van der Waals surface area contributed by atoms with Crippen LogP contribution in [-0.4, -0.2) is 24.2 Å². The van der Waals surface area contributed by atoms with Gasteiger partial charge in [-0.3, -0.25) is 0 Å². The largest absolute Gasteiger partial charge is 0.359 e. The van der Waals surface area contributed by atoms with Gasteiger partial charge in [0.05, 0.1) is 5.69 Å². The third-order valence-electron chi connectivity index (χ3n) is 3.79. The second-order valence-corrected chi connectivity index (χ2v) is 5.56. The van der Waals surface area contributed by atoms with Crippen LogP contribution in [-0.2, 0) is 6.54 Å². The molecule has 0 aliphatic rings. The molecule has 0 unspecified atom stereocenters. The molecule has 1 heterocycles. The van der Waals surface area contributed by atoms with Crippen molar-refractivity contribution in [1.29, 1.82) is 0 Å². The topological polar surface area (TPSA) is 62.5 Å². The van der Waals surface area contributed by atoms with Crippen molar-refractivity contribution in [3.63, 3.8) is 0 Å². The van der Waals surface area contributed by atoms with Gasteiger partial charge in [-0.25, -0.2) is 4.99 Å². The molecule has 2 N–H and O–H groups in total. The van der Waals surface area contributed by atoms with Gasteiger partial charge in [-0.2, -0.15) is 0 Å². The molecule has 0 radical (unpaired) electrons. The first-order chi connectivity index (χ1) is 10.7. The molecule has 23 heavy (non-hydrogen) atoms. The lowest BCUT2D eigenvalue weighted by molar-refractivity contribution is 0.372. The predicted octanol–water partition coefficient (Wildman–Crippen LogP) is 4.44. The van der Waals surface area contributed by atoms with Crippen molar-refractivity contribution < 1.29 is 4.52 Å². The summed E-state index contributed by atoms with van der Waals surface area (Å²) in [7, 11) is 0. The van der Waals surface area contributed by atoms with E-state index in [9.17, 15) is 0 Å². The number of halogens is 1. The standard InChI is InChI=1S/C17H32N4O.HI/c1-5-9-10-11-19-17(18-8-4)20-13-15-12-16(21-22-15)14(6-2)7-3;/h12,14H,5-11,13H2,1-4H3,(H2,18,19,20);1H. The van der Waals surface area contributed by atoms with E-state index in [1.807, 2.05) is 6.07 Å². The van der Waals surface area contributed by atoms with Crippen LogP contribution in [0.25, 0.3) is 0 Å². The van der Waals surface area contributed by atoms with Gasteiger partial charge in [-0.1, -0.05) is 38.8 Å². The Morgan fingerprint density at radius 3 is 2.52 bits per heavy atom. The van der Waals surface area contributed by atoms with Crippen molar-refractivity contribution in [2.75, 3.05) is 13.1 Å². The minimum atomic E-state index is 0. The second-order valence-electron chi connectivity index (χ2n) is 5.56. The van der Waals surface area contributed by atoms with Crippen LogP contribution in [0.15, 0.2) is 15.6 Å². The Hall–Kier alpha value is -0.790. The minimum absolute atomic E-state index is 0. The average Bonchev–Trinajstić information content (AvgIpc) is 2.99. The third-order valence-corrected chi connectivity index (χ3v) is 3.79. The fourth-order valence-electron chi connectivity index (χ4n) is 2.38. The number of unbranched alkanes of at least 4 members (excludes halogenated alkanes) is 2. The van der Waals surface area contributed by atoms with E-state index in [1.54, 1.807) is 0 Å². The summed E-state index contributed by atoms with van der Waals surface area (Å²) in [5, 5.41) is 10.8. The van der Waals surface area contributed by atoms with Gasteiger partial charge in [-0.05, 0) is 26.2 Å². The SMILES string of the molecule is CCCCCNC(=NCc1cc(C(CC)CC)no1)NCC.I. The molecule has 0 saturated heterocycles. The Labute approximate surface area is 158 Å². The zero-order valence-corrected chi connectivity index (χ0v) is 17.4. The van der Waals surface area contributed by atoms with Crippen LogP contribution < -0.4 is 10.6 Å². The van der Waals surface area contributed by atoms with Crippen LogP contribution >= 0.6 is 24.0 Å². The lowest BCUT2D eigenvalue weighted by atomic mass is 9.99. The molecule has 6 heteroatoms. The van der Waals surface area contributed by atoms with Crippen molar-refractivity contribution in [3.8, 4) is 0 Å². The molecule has 134 valence electrons. The highest BCUT2D eigenvalue weighted by Gasteiger charge is 2.12. The van der Waals surface area contributed by atoms with Gasteiger partial charge in [-0.15, -0.1) is 24.0 Å². The number of nitrogens with zero attached hydrogens (tertiary/aromatic N) is 2. The maximum Gasteiger partial charge on any atom is 0.191 e. The maximum absolute atomic E-state index is 5.41. The summed E-state index contributed by atoms with van der Waals surface area (Å²) in [5.41, 5.74) is 1.05. The second kappa shape index (κ2) is 13.6. The summed E-state index contributed by atoms with van der Waals surface area (Å²) >= 11 is 0. The predicted molar refractivity (Wildman–Crippen MR) is 108 cm³/mol. The minimum Gasteiger partial charge on any atom is -0.359 e. The van der Waals surface area contributed by atoms with Gasteiger partial charge >= 0.3 is 0 Å². The van der Waals surface area contributed by atoms with Crippen LogP contribution in [0.3, 0.4) is 0 Å². The van der Waals surface area contributed by atoms with Gasteiger partial charge in [0.2, 0.25) is 0 Å². The van der Waals surface area contributed by atoms with E-state index in [0.29, 0.717) is 12.5 Å². The number of hydrogen-bond donors (Lipinski definition) is 2. The first-order valence-corrected chi connectivity index (χ1v) is 8.72. The molecule has 0 aromatic carbocycles. The van der Waals surface area contributed by atoms with Crippen molar-refractivity contribution in [2.45, 2.75) is 72.3 Å². The highest BCUT2D eigenvalue weighted by atomic mass is 127. The molecule has 0 bridgehead atoms. The lowest BCUT2D eigenvalue weighted by Gasteiger charge is -2.10. The van der Waals surface area contributed by atoms with Crippen molar-refractivity contribution >= 4 is 29.9 Å². The third kappa shape index (κ3) is 8.58. The molecule has 1 aromatic rings. The lowest BCUT2D eigenvalue weighted by Crippen LogP contribution is -2.37. The molecule has 0 saturated carbocycles. The molecule has 1 rings (SSSR count). The van der Waals surface area contributed by atoms with E-state index < -0.39 is 0 Å². The summed E-state index contributed by atoms with van der Waals surface area (Å²) in [6.45, 7) is 11.0. The Balaban J connectivity index is 0.00000484. The Bertz CT molecular complexity index is 430. The van der Waals surface area contributed by atoms with Gasteiger partial charge in [0.15, 0.2) is 11.7 Å². The van der Waals surface area contributed by atoms with Gasteiger partial charge < -0.3 is 15.2 Å². The summed E-state index contributed by atoms with van der Waals surface area (Å²) in [6.07, 6.45) is 5.82. The fraction of sp³-hybridized carbons (Fsp3) is 0.765. The zero-order valence-electron chi connectivity index (χ0n) is 15.0. The highest BCUT2D eigenvalue weighted by Crippen LogP contribution is 2.22. The molecule has 0 aliphatic heterocycles. The maximum atomic E-state index is 5.41. The molecular weight excluding hydrogens is 403 g/mol. The summed E-state index contributed by atoms with van der Waals surface area (Å²) < 4.78 is 5.41. The molecule has 0 atom stereocenters.